The largest absolute Gasteiger partial charge is 0.326 e. The predicted octanol–water partition coefficient (Wildman–Crippen LogP) is 3.29. The van der Waals surface area contributed by atoms with Gasteiger partial charge in [-0.05, 0) is 55.0 Å². The highest BCUT2D eigenvalue weighted by Gasteiger charge is 2.29. The van der Waals surface area contributed by atoms with Crippen LogP contribution in [-0.2, 0) is 13.1 Å². The number of nitrogens with two attached hydrogens (primary N) is 1. The van der Waals surface area contributed by atoms with Gasteiger partial charge in [0.15, 0.2) is 0 Å². The van der Waals surface area contributed by atoms with E-state index in [9.17, 15) is 4.39 Å². The van der Waals surface area contributed by atoms with E-state index in [0.29, 0.717) is 6.54 Å². The highest BCUT2D eigenvalue weighted by atomic mass is 19.1. The first kappa shape index (κ1) is 14.5. The zero-order valence-electron chi connectivity index (χ0n) is 12.0. The highest BCUT2D eigenvalue weighted by Crippen LogP contribution is 2.29. The van der Waals surface area contributed by atoms with Gasteiger partial charge in [0.25, 0.3) is 0 Å². The van der Waals surface area contributed by atoms with Gasteiger partial charge >= 0.3 is 0 Å². The number of benzene rings is 1. The normalized spacial score (nSPS) is 15.5. The molecule has 3 heteroatoms. The quantitative estimate of drug-likeness (QED) is 0.819. The molecule has 0 bridgehead atoms. The van der Waals surface area contributed by atoms with E-state index in [1.54, 1.807) is 12.1 Å². The Morgan fingerprint density at radius 1 is 1.32 bits per heavy atom. The van der Waals surface area contributed by atoms with Crippen molar-refractivity contribution in [2.24, 2.45) is 11.7 Å². The SMILES string of the molecule is CC(C)CCN(Cc1ccc(F)cc1CN)C1CC1. The summed E-state index contributed by atoms with van der Waals surface area (Å²) in [5, 5.41) is 0. The third kappa shape index (κ3) is 4.29. The molecule has 1 aliphatic rings. The van der Waals surface area contributed by atoms with E-state index >= 15 is 0 Å². The van der Waals surface area contributed by atoms with Crippen LogP contribution in [0.15, 0.2) is 18.2 Å². The molecule has 2 N–H and O–H groups in total. The van der Waals surface area contributed by atoms with Crippen LogP contribution in [0, 0.1) is 11.7 Å². The van der Waals surface area contributed by atoms with E-state index < -0.39 is 0 Å². The van der Waals surface area contributed by atoms with E-state index in [1.165, 1.54) is 24.8 Å². The van der Waals surface area contributed by atoms with Gasteiger partial charge in [-0.1, -0.05) is 19.9 Å². The van der Waals surface area contributed by atoms with Gasteiger partial charge in [0.05, 0.1) is 0 Å². The van der Waals surface area contributed by atoms with Crippen LogP contribution < -0.4 is 5.73 Å². The van der Waals surface area contributed by atoms with Crippen molar-refractivity contribution in [3.63, 3.8) is 0 Å². The lowest BCUT2D eigenvalue weighted by Crippen LogP contribution is -2.28. The Hall–Kier alpha value is -0.930. The average molecular weight is 264 g/mol. The molecule has 0 saturated heterocycles. The fraction of sp³-hybridized carbons (Fsp3) is 0.625. The molecule has 1 saturated carbocycles. The fourth-order valence-electron chi connectivity index (χ4n) is 2.41. The Bertz CT molecular complexity index is 413. The second kappa shape index (κ2) is 6.49. The van der Waals surface area contributed by atoms with Gasteiger partial charge in [0.2, 0.25) is 0 Å². The molecule has 0 atom stereocenters. The van der Waals surface area contributed by atoms with Crippen LogP contribution in [0.2, 0.25) is 0 Å². The first-order chi connectivity index (χ1) is 9.10. The Morgan fingerprint density at radius 2 is 2.05 bits per heavy atom. The summed E-state index contributed by atoms with van der Waals surface area (Å²) in [6, 6.07) is 5.74. The van der Waals surface area contributed by atoms with Crippen LogP contribution in [0.1, 0.15) is 44.2 Å². The third-order valence-corrected chi connectivity index (χ3v) is 3.82. The van der Waals surface area contributed by atoms with Crippen molar-refractivity contribution in [3.05, 3.63) is 35.1 Å². The van der Waals surface area contributed by atoms with Crippen molar-refractivity contribution in [3.8, 4) is 0 Å². The summed E-state index contributed by atoms with van der Waals surface area (Å²) in [7, 11) is 0. The lowest BCUT2D eigenvalue weighted by molar-refractivity contribution is 0.239. The summed E-state index contributed by atoms with van der Waals surface area (Å²) in [6.45, 7) is 6.96. The summed E-state index contributed by atoms with van der Waals surface area (Å²) in [6.07, 6.45) is 3.82. The lowest BCUT2D eigenvalue weighted by Gasteiger charge is -2.24. The molecule has 2 nitrogen and oxygen atoms in total. The Kier molecular flexibility index (Phi) is 4.94. The standard InChI is InChI=1S/C16H25FN2/c1-12(2)7-8-19(16-5-6-16)11-13-3-4-15(17)9-14(13)10-18/h3-4,9,12,16H,5-8,10-11,18H2,1-2H3. The van der Waals surface area contributed by atoms with Crippen molar-refractivity contribution in [1.29, 1.82) is 0 Å². The average Bonchev–Trinajstić information content (AvgIpc) is 3.19. The van der Waals surface area contributed by atoms with Gasteiger partial charge in [0, 0.05) is 19.1 Å². The molecule has 19 heavy (non-hydrogen) atoms. The number of hydrogen-bond acceptors (Lipinski definition) is 2. The summed E-state index contributed by atoms with van der Waals surface area (Å²) >= 11 is 0. The molecule has 2 rings (SSSR count). The first-order valence-electron chi connectivity index (χ1n) is 7.31. The number of hydrogen-bond donors (Lipinski definition) is 1. The topological polar surface area (TPSA) is 29.3 Å². The molecule has 1 aromatic carbocycles. The molecule has 0 unspecified atom stereocenters. The number of rotatable bonds is 7. The van der Waals surface area contributed by atoms with E-state index in [4.69, 9.17) is 5.73 Å². The van der Waals surface area contributed by atoms with Crippen LogP contribution in [0.4, 0.5) is 4.39 Å². The van der Waals surface area contributed by atoms with E-state index in [2.05, 4.69) is 18.7 Å². The second-order valence-electron chi connectivity index (χ2n) is 6.00. The van der Waals surface area contributed by atoms with Crippen molar-refractivity contribution in [2.45, 2.75) is 52.2 Å². The predicted molar refractivity (Wildman–Crippen MR) is 77.2 cm³/mol. The van der Waals surface area contributed by atoms with Crippen LogP contribution in [0.3, 0.4) is 0 Å². The van der Waals surface area contributed by atoms with Crippen molar-refractivity contribution < 1.29 is 4.39 Å². The maximum Gasteiger partial charge on any atom is 0.123 e. The van der Waals surface area contributed by atoms with Crippen molar-refractivity contribution in [2.75, 3.05) is 6.54 Å². The summed E-state index contributed by atoms with van der Waals surface area (Å²) in [4.78, 5) is 2.53. The molecule has 0 radical (unpaired) electrons. The van der Waals surface area contributed by atoms with Gasteiger partial charge in [-0.25, -0.2) is 4.39 Å². The summed E-state index contributed by atoms with van der Waals surface area (Å²) in [5.74, 6) is 0.535. The van der Waals surface area contributed by atoms with Crippen LogP contribution in [0.25, 0.3) is 0 Å². The second-order valence-corrected chi connectivity index (χ2v) is 6.00. The zero-order valence-corrected chi connectivity index (χ0v) is 12.0. The van der Waals surface area contributed by atoms with Crippen LogP contribution in [0.5, 0.6) is 0 Å². The zero-order chi connectivity index (χ0) is 13.8. The molecule has 1 fully saturated rings. The lowest BCUT2D eigenvalue weighted by atomic mass is 10.1. The molecule has 0 amide bonds. The minimum atomic E-state index is -0.190. The number of halogens is 1. The minimum Gasteiger partial charge on any atom is -0.326 e. The van der Waals surface area contributed by atoms with Gasteiger partial charge in [-0.15, -0.1) is 0 Å². The van der Waals surface area contributed by atoms with Crippen molar-refractivity contribution >= 4 is 0 Å². The maximum absolute atomic E-state index is 13.2. The molecule has 0 aromatic heterocycles. The first-order valence-corrected chi connectivity index (χ1v) is 7.31. The smallest absolute Gasteiger partial charge is 0.123 e. The van der Waals surface area contributed by atoms with Gasteiger partial charge in [0.1, 0.15) is 5.82 Å². The Balaban J connectivity index is 2.04. The van der Waals surface area contributed by atoms with Gasteiger partial charge in [-0.3, -0.25) is 4.90 Å². The van der Waals surface area contributed by atoms with E-state index in [0.717, 1.165) is 30.6 Å². The summed E-state index contributed by atoms with van der Waals surface area (Å²) in [5.41, 5.74) is 7.84. The van der Waals surface area contributed by atoms with Crippen LogP contribution in [-0.4, -0.2) is 17.5 Å². The molecule has 0 heterocycles. The van der Waals surface area contributed by atoms with E-state index in [-0.39, 0.29) is 5.82 Å². The molecule has 1 aliphatic carbocycles. The molecule has 106 valence electrons. The van der Waals surface area contributed by atoms with Crippen LogP contribution >= 0.6 is 0 Å². The maximum atomic E-state index is 13.2. The monoisotopic (exact) mass is 264 g/mol. The van der Waals surface area contributed by atoms with Gasteiger partial charge < -0.3 is 5.73 Å². The Morgan fingerprint density at radius 3 is 2.63 bits per heavy atom. The van der Waals surface area contributed by atoms with E-state index in [1.807, 2.05) is 6.07 Å². The minimum absolute atomic E-state index is 0.190. The molecular weight excluding hydrogens is 239 g/mol. The molecule has 0 aliphatic heterocycles. The highest BCUT2D eigenvalue weighted by molar-refractivity contribution is 5.28. The Labute approximate surface area is 115 Å². The fourth-order valence-corrected chi connectivity index (χ4v) is 2.41. The number of nitrogens with zero attached hydrogens (tertiary/aromatic N) is 1. The molecule has 0 spiro atoms. The van der Waals surface area contributed by atoms with Gasteiger partial charge in [-0.2, -0.15) is 0 Å². The molecular formula is C16H25FN2. The van der Waals surface area contributed by atoms with Crippen molar-refractivity contribution in [1.82, 2.24) is 4.90 Å². The summed E-state index contributed by atoms with van der Waals surface area (Å²) < 4.78 is 13.2. The molecule has 1 aromatic rings. The third-order valence-electron chi connectivity index (χ3n) is 3.82.